The Morgan fingerprint density at radius 3 is 2.65 bits per heavy atom. The van der Waals surface area contributed by atoms with Gasteiger partial charge in [-0.3, -0.25) is 0 Å². The molecule has 0 aliphatic carbocycles. The molecule has 0 unspecified atom stereocenters. The summed E-state index contributed by atoms with van der Waals surface area (Å²) < 4.78 is 1.09. The third kappa shape index (κ3) is 4.00. The van der Waals surface area contributed by atoms with Gasteiger partial charge in [0.25, 0.3) is 0 Å². The molecule has 23 heavy (non-hydrogen) atoms. The fraction of sp³-hybridized carbons (Fsp3) is 0.111. The largest absolute Gasteiger partial charge is 0.549 e. The van der Waals surface area contributed by atoms with Crippen LogP contribution in [0.15, 0.2) is 48.5 Å². The summed E-state index contributed by atoms with van der Waals surface area (Å²) >= 11 is 2.81. The fourth-order valence-electron chi connectivity index (χ4n) is 2.09. The molecule has 0 fully saturated rings. The molecule has 1 heterocycles. The average molecular weight is 340 g/mol. The molecule has 0 aliphatic heterocycles. The van der Waals surface area contributed by atoms with Crippen LogP contribution in [0.4, 0.5) is 0 Å². The highest BCUT2D eigenvalue weighted by atomic mass is 32.2. The van der Waals surface area contributed by atoms with Gasteiger partial charge in [-0.05, 0) is 30.7 Å². The van der Waals surface area contributed by atoms with Gasteiger partial charge in [-0.2, -0.15) is 0 Å². The van der Waals surface area contributed by atoms with Crippen molar-refractivity contribution in [1.29, 1.82) is 0 Å². The maximum Gasteiger partial charge on any atom is 0.131 e. The van der Waals surface area contributed by atoms with E-state index < -0.39 is 5.97 Å². The monoisotopic (exact) mass is 340 g/mol. The van der Waals surface area contributed by atoms with Crippen molar-refractivity contribution in [2.45, 2.75) is 6.92 Å². The molecule has 0 amide bonds. The van der Waals surface area contributed by atoms with Crippen molar-refractivity contribution in [2.24, 2.45) is 0 Å². The predicted octanol–water partition coefficient (Wildman–Crippen LogP) is 3.59. The van der Waals surface area contributed by atoms with E-state index in [0.717, 1.165) is 25.7 Å². The molecule has 0 radical (unpaired) electrons. The first kappa shape index (κ1) is 15.8. The zero-order chi connectivity index (χ0) is 16.2. The van der Waals surface area contributed by atoms with Gasteiger partial charge in [-0.15, -0.1) is 23.1 Å². The lowest BCUT2D eigenvalue weighted by Gasteiger charge is -2.05. The molecule has 0 spiro atoms. The maximum absolute atomic E-state index is 10.8. The number of thioether (sulfide) groups is 1. The van der Waals surface area contributed by atoms with Gasteiger partial charge in [-0.1, -0.05) is 42.0 Å². The number of para-hydroxylation sites is 1. The number of hydrogen-bond donors (Lipinski definition) is 0. The molecule has 3 rings (SSSR count). The number of fused-ring (bicyclic) bond motifs is 1. The molecule has 2 aromatic carbocycles. The number of carboxylic acids is 1. The second kappa shape index (κ2) is 6.98. The van der Waals surface area contributed by atoms with Gasteiger partial charge in [0.2, 0.25) is 0 Å². The van der Waals surface area contributed by atoms with Crippen molar-refractivity contribution in [2.75, 3.05) is 5.75 Å². The van der Waals surface area contributed by atoms with Crippen LogP contribution in [0.25, 0.3) is 21.2 Å². The first-order chi connectivity index (χ1) is 11.1. The van der Waals surface area contributed by atoms with Gasteiger partial charge >= 0.3 is 0 Å². The van der Waals surface area contributed by atoms with Crippen molar-refractivity contribution in [3.63, 3.8) is 0 Å². The van der Waals surface area contributed by atoms with E-state index in [-0.39, 0.29) is 5.75 Å². The Hall–Kier alpha value is -2.11. The number of carbonyl (C=O) groups is 1. The highest BCUT2D eigenvalue weighted by Gasteiger charge is 2.10. The van der Waals surface area contributed by atoms with E-state index in [9.17, 15) is 9.90 Å². The molecule has 1 aromatic heterocycles. The molecular weight excluding hydrogens is 326 g/mol. The summed E-state index contributed by atoms with van der Waals surface area (Å²) in [6.07, 6.45) is 1.98. The van der Waals surface area contributed by atoms with E-state index in [1.54, 1.807) is 11.3 Å². The number of nitrogens with zero attached hydrogens (tertiary/aromatic N) is 1. The molecule has 0 N–H and O–H groups in total. The van der Waals surface area contributed by atoms with Gasteiger partial charge in [-0.25, -0.2) is 4.98 Å². The Balaban J connectivity index is 2.00. The predicted molar refractivity (Wildman–Crippen MR) is 96.1 cm³/mol. The standard InChI is InChI=1S/C18H15NO2S2/c1-12-6-8-13(9-7-12)10-16(22-11-17(20)21)18-19-14-4-2-3-5-15(14)23-18/h2-10H,11H2,1H3,(H,20,21)/p-1/b16-10-. The number of hydrogen-bond acceptors (Lipinski definition) is 5. The second-order valence-corrected chi connectivity index (χ2v) is 7.11. The molecule has 3 nitrogen and oxygen atoms in total. The Morgan fingerprint density at radius 1 is 1.22 bits per heavy atom. The fourth-order valence-corrected chi connectivity index (χ4v) is 3.93. The summed E-state index contributed by atoms with van der Waals surface area (Å²) in [4.78, 5) is 16.3. The van der Waals surface area contributed by atoms with Gasteiger partial charge in [0.15, 0.2) is 0 Å². The minimum absolute atomic E-state index is 0.0897. The van der Waals surface area contributed by atoms with Crippen LogP contribution in [0.2, 0.25) is 0 Å². The quantitative estimate of drug-likeness (QED) is 0.712. The van der Waals surface area contributed by atoms with E-state index in [4.69, 9.17) is 0 Å². The number of carbonyl (C=O) groups excluding carboxylic acids is 1. The lowest BCUT2D eigenvalue weighted by atomic mass is 10.1. The van der Waals surface area contributed by atoms with Crippen molar-refractivity contribution in [3.8, 4) is 0 Å². The summed E-state index contributed by atoms with van der Waals surface area (Å²) in [5.74, 6) is -1.17. The summed E-state index contributed by atoms with van der Waals surface area (Å²) in [5, 5.41) is 11.7. The Bertz CT molecular complexity index is 833. The minimum atomic E-state index is -1.08. The van der Waals surface area contributed by atoms with Crippen LogP contribution in [-0.4, -0.2) is 16.7 Å². The van der Waals surface area contributed by atoms with Gasteiger partial charge in [0.05, 0.1) is 16.2 Å². The van der Waals surface area contributed by atoms with E-state index in [1.807, 2.05) is 61.5 Å². The van der Waals surface area contributed by atoms with Gasteiger partial charge < -0.3 is 9.90 Å². The zero-order valence-electron chi connectivity index (χ0n) is 12.5. The number of aliphatic carboxylic acids is 1. The van der Waals surface area contributed by atoms with Crippen molar-refractivity contribution in [1.82, 2.24) is 4.98 Å². The van der Waals surface area contributed by atoms with Crippen LogP contribution >= 0.6 is 23.1 Å². The van der Waals surface area contributed by atoms with Crippen molar-refractivity contribution in [3.05, 3.63) is 64.7 Å². The molecule has 3 aromatic rings. The summed E-state index contributed by atoms with van der Waals surface area (Å²) in [5.41, 5.74) is 3.14. The van der Waals surface area contributed by atoms with Crippen LogP contribution in [0.1, 0.15) is 16.1 Å². The summed E-state index contributed by atoms with van der Waals surface area (Å²) in [6, 6.07) is 16.0. The molecular formula is C18H14NO2S2-. The lowest BCUT2D eigenvalue weighted by molar-refractivity contribution is -0.301. The van der Waals surface area contributed by atoms with E-state index >= 15 is 0 Å². The smallest absolute Gasteiger partial charge is 0.131 e. The van der Waals surface area contributed by atoms with Gasteiger partial charge in [0, 0.05) is 10.7 Å². The first-order valence-electron chi connectivity index (χ1n) is 7.09. The second-order valence-electron chi connectivity index (χ2n) is 5.07. The first-order valence-corrected chi connectivity index (χ1v) is 8.89. The maximum atomic E-state index is 10.8. The van der Waals surface area contributed by atoms with Gasteiger partial charge in [0.1, 0.15) is 5.01 Å². The molecule has 116 valence electrons. The molecule has 0 atom stereocenters. The Labute approximate surface area is 142 Å². The van der Waals surface area contributed by atoms with E-state index in [0.29, 0.717) is 0 Å². The van der Waals surface area contributed by atoms with Crippen molar-refractivity contribution < 1.29 is 9.90 Å². The summed E-state index contributed by atoms with van der Waals surface area (Å²) in [6.45, 7) is 2.03. The summed E-state index contributed by atoms with van der Waals surface area (Å²) in [7, 11) is 0. The van der Waals surface area contributed by atoms with Crippen LogP contribution in [0.5, 0.6) is 0 Å². The number of benzene rings is 2. The normalized spacial score (nSPS) is 11.8. The highest BCUT2D eigenvalue weighted by molar-refractivity contribution is 8.09. The SMILES string of the molecule is Cc1ccc(/C=C(\SCC(=O)[O-])c2nc3ccccc3s2)cc1. The van der Waals surface area contributed by atoms with Crippen LogP contribution in [0, 0.1) is 6.92 Å². The molecule has 0 bridgehead atoms. The highest BCUT2D eigenvalue weighted by Crippen LogP contribution is 2.35. The number of rotatable bonds is 5. The van der Waals surface area contributed by atoms with Crippen molar-refractivity contribution >= 4 is 50.3 Å². The van der Waals surface area contributed by atoms with Crippen LogP contribution < -0.4 is 5.11 Å². The van der Waals surface area contributed by atoms with Crippen LogP contribution in [-0.2, 0) is 4.79 Å². The number of carboxylic acid groups (broad SMARTS) is 1. The van der Waals surface area contributed by atoms with E-state index in [1.165, 1.54) is 17.3 Å². The zero-order valence-corrected chi connectivity index (χ0v) is 14.1. The average Bonchev–Trinajstić information content (AvgIpc) is 2.97. The number of aryl methyl sites for hydroxylation is 1. The lowest BCUT2D eigenvalue weighted by Crippen LogP contribution is -2.24. The third-order valence-corrected chi connectivity index (χ3v) is 5.43. The molecule has 0 saturated carbocycles. The Morgan fingerprint density at radius 2 is 1.96 bits per heavy atom. The molecule has 5 heteroatoms. The third-order valence-electron chi connectivity index (χ3n) is 3.23. The minimum Gasteiger partial charge on any atom is -0.549 e. The van der Waals surface area contributed by atoms with E-state index in [2.05, 4.69) is 4.98 Å². The van der Waals surface area contributed by atoms with Crippen LogP contribution in [0.3, 0.4) is 0 Å². The molecule has 0 aliphatic rings. The Kier molecular flexibility index (Phi) is 4.79. The number of aromatic nitrogens is 1. The molecule has 0 saturated heterocycles. The topological polar surface area (TPSA) is 53.0 Å². The number of thiazole rings is 1.